The van der Waals surface area contributed by atoms with E-state index in [2.05, 4.69) is 6.07 Å². The Morgan fingerprint density at radius 3 is 2.91 bits per heavy atom. The summed E-state index contributed by atoms with van der Waals surface area (Å²) >= 11 is 1.52. The van der Waals surface area contributed by atoms with Crippen molar-refractivity contribution in [2.24, 2.45) is 0 Å². The number of hydrogen-bond acceptors (Lipinski definition) is 3. The molecular weight excluding hydrogens is 158 g/mol. The van der Waals surface area contributed by atoms with Crippen LogP contribution >= 0.6 is 11.8 Å². The van der Waals surface area contributed by atoms with Gasteiger partial charge in [-0.3, -0.25) is 0 Å². The standard InChI is InChI=1S/C8H9NOS/c1-6(5-9)11-8-3-4-10-7(8)2/h3-4,6H,1-2H3. The molecule has 0 aliphatic rings. The van der Waals surface area contributed by atoms with E-state index < -0.39 is 0 Å². The summed E-state index contributed by atoms with van der Waals surface area (Å²) in [5, 5.41) is 8.51. The normalized spacial score (nSPS) is 12.5. The molecule has 0 aliphatic heterocycles. The van der Waals surface area contributed by atoms with Gasteiger partial charge in [0.2, 0.25) is 0 Å². The largest absolute Gasteiger partial charge is 0.468 e. The monoisotopic (exact) mass is 167 g/mol. The summed E-state index contributed by atoms with van der Waals surface area (Å²) in [6.45, 7) is 3.77. The number of nitriles is 1. The average Bonchev–Trinajstić information content (AvgIpc) is 2.37. The lowest BCUT2D eigenvalue weighted by Gasteiger charge is -1.98. The van der Waals surface area contributed by atoms with E-state index in [4.69, 9.17) is 9.68 Å². The maximum atomic E-state index is 8.52. The van der Waals surface area contributed by atoms with Gasteiger partial charge in [-0.1, -0.05) is 0 Å². The van der Waals surface area contributed by atoms with Crippen molar-refractivity contribution < 1.29 is 4.42 Å². The Kier molecular flexibility index (Phi) is 2.61. The second-order valence-corrected chi connectivity index (χ2v) is 3.61. The first kappa shape index (κ1) is 8.22. The van der Waals surface area contributed by atoms with E-state index in [1.807, 2.05) is 19.9 Å². The quantitative estimate of drug-likeness (QED) is 0.635. The Morgan fingerprint density at radius 1 is 1.73 bits per heavy atom. The molecule has 0 saturated carbocycles. The molecule has 2 nitrogen and oxygen atoms in total. The Balaban J connectivity index is 2.66. The van der Waals surface area contributed by atoms with Gasteiger partial charge in [0.25, 0.3) is 0 Å². The first-order valence-corrected chi connectivity index (χ1v) is 4.22. The topological polar surface area (TPSA) is 36.9 Å². The Labute approximate surface area is 70.2 Å². The molecule has 11 heavy (non-hydrogen) atoms. The smallest absolute Gasteiger partial charge is 0.114 e. The lowest BCUT2D eigenvalue weighted by atomic mass is 10.5. The molecule has 0 aliphatic carbocycles. The molecule has 58 valence electrons. The molecule has 0 spiro atoms. The molecule has 1 rings (SSSR count). The van der Waals surface area contributed by atoms with Crippen molar-refractivity contribution >= 4 is 11.8 Å². The van der Waals surface area contributed by atoms with Crippen LogP contribution in [-0.2, 0) is 0 Å². The number of aryl methyl sites for hydroxylation is 1. The molecule has 1 aromatic heterocycles. The number of nitrogens with zero attached hydrogens (tertiary/aromatic N) is 1. The van der Waals surface area contributed by atoms with Gasteiger partial charge < -0.3 is 4.42 Å². The summed E-state index contributed by atoms with van der Waals surface area (Å²) in [5.41, 5.74) is 0. The lowest BCUT2D eigenvalue weighted by Crippen LogP contribution is -1.88. The molecule has 1 atom stereocenters. The molecule has 1 unspecified atom stereocenters. The van der Waals surface area contributed by atoms with Crippen LogP contribution in [0.3, 0.4) is 0 Å². The van der Waals surface area contributed by atoms with Gasteiger partial charge in [0.1, 0.15) is 5.76 Å². The van der Waals surface area contributed by atoms with E-state index in [0.29, 0.717) is 0 Å². The van der Waals surface area contributed by atoms with Gasteiger partial charge in [0.05, 0.1) is 17.6 Å². The molecule has 0 fully saturated rings. The second kappa shape index (κ2) is 3.49. The highest BCUT2D eigenvalue weighted by molar-refractivity contribution is 8.00. The third-order valence-corrected chi connectivity index (χ3v) is 2.43. The summed E-state index contributed by atoms with van der Waals surface area (Å²) in [6.07, 6.45) is 1.64. The van der Waals surface area contributed by atoms with Crippen molar-refractivity contribution in [2.45, 2.75) is 24.0 Å². The molecule has 1 heterocycles. The van der Waals surface area contributed by atoms with Crippen molar-refractivity contribution in [2.75, 3.05) is 0 Å². The third-order valence-electron chi connectivity index (χ3n) is 1.30. The fourth-order valence-corrected chi connectivity index (χ4v) is 1.49. The SMILES string of the molecule is Cc1occc1SC(C)C#N. The summed E-state index contributed by atoms with van der Waals surface area (Å²) < 4.78 is 5.08. The van der Waals surface area contributed by atoms with Crippen LogP contribution in [0.1, 0.15) is 12.7 Å². The van der Waals surface area contributed by atoms with Crippen LogP contribution < -0.4 is 0 Å². The Bertz CT molecular complexity index is 274. The van der Waals surface area contributed by atoms with E-state index in [1.54, 1.807) is 6.26 Å². The van der Waals surface area contributed by atoms with Crippen LogP contribution in [0.15, 0.2) is 21.6 Å². The van der Waals surface area contributed by atoms with Crippen LogP contribution in [-0.4, -0.2) is 5.25 Å². The number of thioether (sulfide) groups is 1. The maximum Gasteiger partial charge on any atom is 0.114 e. The predicted octanol–water partition coefficient (Wildman–Crippen LogP) is 2.59. The highest BCUT2D eigenvalue weighted by atomic mass is 32.2. The van der Waals surface area contributed by atoms with Crippen molar-refractivity contribution in [3.63, 3.8) is 0 Å². The molecule has 0 saturated heterocycles. The first-order valence-electron chi connectivity index (χ1n) is 3.34. The molecule has 0 N–H and O–H groups in total. The van der Waals surface area contributed by atoms with E-state index in [9.17, 15) is 0 Å². The summed E-state index contributed by atoms with van der Waals surface area (Å²) in [7, 11) is 0. The van der Waals surface area contributed by atoms with Crippen LogP contribution in [0.5, 0.6) is 0 Å². The highest BCUT2D eigenvalue weighted by Crippen LogP contribution is 2.26. The number of hydrogen-bond donors (Lipinski definition) is 0. The van der Waals surface area contributed by atoms with E-state index in [-0.39, 0.29) is 5.25 Å². The van der Waals surface area contributed by atoms with Gasteiger partial charge in [0, 0.05) is 4.90 Å². The van der Waals surface area contributed by atoms with E-state index in [0.717, 1.165) is 10.7 Å². The molecule has 0 aromatic carbocycles. The van der Waals surface area contributed by atoms with E-state index in [1.165, 1.54) is 11.8 Å². The fourth-order valence-electron chi connectivity index (χ4n) is 0.712. The van der Waals surface area contributed by atoms with Crippen LogP contribution in [0, 0.1) is 18.3 Å². The van der Waals surface area contributed by atoms with Crippen molar-refractivity contribution in [3.8, 4) is 6.07 Å². The zero-order valence-electron chi connectivity index (χ0n) is 6.50. The number of furan rings is 1. The van der Waals surface area contributed by atoms with Crippen LogP contribution in [0.25, 0.3) is 0 Å². The first-order chi connectivity index (χ1) is 5.24. The minimum absolute atomic E-state index is 0.00806. The zero-order chi connectivity index (χ0) is 8.27. The average molecular weight is 167 g/mol. The molecule has 0 amide bonds. The van der Waals surface area contributed by atoms with Gasteiger partial charge in [-0.15, -0.1) is 11.8 Å². The zero-order valence-corrected chi connectivity index (χ0v) is 7.31. The van der Waals surface area contributed by atoms with Gasteiger partial charge in [-0.25, -0.2) is 0 Å². The number of rotatable bonds is 2. The van der Waals surface area contributed by atoms with E-state index >= 15 is 0 Å². The minimum Gasteiger partial charge on any atom is -0.468 e. The van der Waals surface area contributed by atoms with Crippen molar-refractivity contribution in [1.29, 1.82) is 5.26 Å². The molecular formula is C8H9NOS. The minimum atomic E-state index is -0.00806. The molecule has 3 heteroatoms. The summed E-state index contributed by atoms with van der Waals surface area (Å²) in [4.78, 5) is 1.05. The fraction of sp³-hybridized carbons (Fsp3) is 0.375. The highest BCUT2D eigenvalue weighted by Gasteiger charge is 2.06. The second-order valence-electron chi connectivity index (χ2n) is 2.23. The Morgan fingerprint density at radius 2 is 2.45 bits per heavy atom. The summed E-state index contributed by atoms with van der Waals surface area (Å²) in [6, 6.07) is 4.03. The van der Waals surface area contributed by atoms with Crippen molar-refractivity contribution in [3.05, 3.63) is 18.1 Å². The van der Waals surface area contributed by atoms with Gasteiger partial charge in [-0.2, -0.15) is 5.26 Å². The third kappa shape index (κ3) is 2.02. The van der Waals surface area contributed by atoms with Gasteiger partial charge in [0.15, 0.2) is 0 Å². The maximum absolute atomic E-state index is 8.52. The molecule has 1 aromatic rings. The summed E-state index contributed by atoms with van der Waals surface area (Å²) in [5.74, 6) is 0.886. The van der Waals surface area contributed by atoms with Gasteiger partial charge >= 0.3 is 0 Å². The van der Waals surface area contributed by atoms with Gasteiger partial charge in [-0.05, 0) is 19.9 Å². The Hall–Kier alpha value is -0.880. The molecule has 0 bridgehead atoms. The van der Waals surface area contributed by atoms with Crippen LogP contribution in [0.2, 0.25) is 0 Å². The predicted molar refractivity (Wildman–Crippen MR) is 44.4 cm³/mol. The lowest BCUT2D eigenvalue weighted by molar-refractivity contribution is 0.527. The van der Waals surface area contributed by atoms with Crippen molar-refractivity contribution in [1.82, 2.24) is 0 Å². The molecule has 0 radical (unpaired) electrons. The van der Waals surface area contributed by atoms with Crippen LogP contribution in [0.4, 0.5) is 0 Å².